The van der Waals surface area contributed by atoms with Crippen molar-refractivity contribution in [1.29, 1.82) is 0 Å². The van der Waals surface area contributed by atoms with Gasteiger partial charge in [0.05, 0.1) is 6.54 Å². The zero-order chi connectivity index (χ0) is 16.2. The smallest absolute Gasteiger partial charge is 0.238 e. The summed E-state index contributed by atoms with van der Waals surface area (Å²) in [5, 5.41) is 7.28. The van der Waals surface area contributed by atoms with Crippen molar-refractivity contribution in [3.63, 3.8) is 0 Å². The van der Waals surface area contributed by atoms with Crippen molar-refractivity contribution in [2.24, 2.45) is 0 Å². The maximum absolute atomic E-state index is 12.4. The molecule has 1 N–H and O–H groups in total. The van der Waals surface area contributed by atoms with Crippen LogP contribution in [0.2, 0.25) is 0 Å². The van der Waals surface area contributed by atoms with Crippen molar-refractivity contribution in [2.45, 2.75) is 45.2 Å². The van der Waals surface area contributed by atoms with E-state index in [0.717, 1.165) is 12.2 Å². The number of nitrogens with one attached hydrogen (secondary N) is 1. The van der Waals surface area contributed by atoms with E-state index in [1.54, 1.807) is 11.3 Å². The SMILES string of the molecule is CC(C)c1ccc(NC(=O)CN(Cc2ccsc2)C2CC2)cc1. The largest absolute Gasteiger partial charge is 0.325 e. The molecule has 1 aromatic heterocycles. The van der Waals surface area contributed by atoms with Gasteiger partial charge < -0.3 is 5.32 Å². The highest BCUT2D eigenvalue weighted by Crippen LogP contribution is 2.28. The number of carbonyl (C=O) groups excluding carboxylic acids is 1. The summed E-state index contributed by atoms with van der Waals surface area (Å²) in [7, 11) is 0. The topological polar surface area (TPSA) is 32.3 Å². The van der Waals surface area contributed by atoms with Gasteiger partial charge in [-0.25, -0.2) is 0 Å². The van der Waals surface area contributed by atoms with Gasteiger partial charge in [-0.2, -0.15) is 11.3 Å². The molecule has 1 aliphatic rings. The molecule has 0 aliphatic heterocycles. The first-order valence-corrected chi connectivity index (χ1v) is 9.21. The third-order valence-electron chi connectivity index (χ3n) is 4.24. The molecule has 1 aromatic carbocycles. The summed E-state index contributed by atoms with van der Waals surface area (Å²) >= 11 is 1.71. The molecule has 0 bridgehead atoms. The molecule has 0 unspecified atom stereocenters. The predicted molar refractivity (Wildman–Crippen MR) is 96.9 cm³/mol. The van der Waals surface area contributed by atoms with E-state index < -0.39 is 0 Å². The minimum absolute atomic E-state index is 0.0735. The van der Waals surface area contributed by atoms with Crippen LogP contribution in [0, 0.1) is 0 Å². The molecule has 1 heterocycles. The molecular weight excluding hydrogens is 304 g/mol. The van der Waals surface area contributed by atoms with Gasteiger partial charge in [-0.3, -0.25) is 9.69 Å². The molecule has 4 heteroatoms. The average molecular weight is 328 g/mol. The highest BCUT2D eigenvalue weighted by molar-refractivity contribution is 7.07. The van der Waals surface area contributed by atoms with Gasteiger partial charge in [-0.05, 0) is 58.8 Å². The monoisotopic (exact) mass is 328 g/mol. The standard InChI is InChI=1S/C19H24N2OS/c1-14(2)16-3-5-17(6-4-16)20-19(22)12-21(18-7-8-18)11-15-9-10-23-13-15/h3-6,9-10,13-14,18H,7-8,11-12H2,1-2H3,(H,20,22). The van der Waals surface area contributed by atoms with Crippen LogP contribution >= 0.6 is 11.3 Å². The van der Waals surface area contributed by atoms with E-state index >= 15 is 0 Å². The second-order valence-electron chi connectivity index (χ2n) is 6.59. The molecule has 1 saturated carbocycles. The molecule has 122 valence electrons. The lowest BCUT2D eigenvalue weighted by Crippen LogP contribution is -2.34. The van der Waals surface area contributed by atoms with Gasteiger partial charge in [0.1, 0.15) is 0 Å². The van der Waals surface area contributed by atoms with Crippen molar-refractivity contribution in [2.75, 3.05) is 11.9 Å². The highest BCUT2D eigenvalue weighted by Gasteiger charge is 2.30. The summed E-state index contributed by atoms with van der Waals surface area (Å²) in [6, 6.07) is 10.9. The van der Waals surface area contributed by atoms with E-state index in [9.17, 15) is 4.79 Å². The Balaban J connectivity index is 1.56. The Morgan fingerprint density at radius 2 is 2.00 bits per heavy atom. The summed E-state index contributed by atoms with van der Waals surface area (Å²) in [4.78, 5) is 14.6. The molecule has 23 heavy (non-hydrogen) atoms. The van der Waals surface area contributed by atoms with Crippen LogP contribution in [-0.4, -0.2) is 23.4 Å². The van der Waals surface area contributed by atoms with E-state index in [-0.39, 0.29) is 5.91 Å². The fraction of sp³-hybridized carbons (Fsp3) is 0.421. The first-order valence-electron chi connectivity index (χ1n) is 8.27. The zero-order valence-corrected chi connectivity index (χ0v) is 14.6. The first-order chi connectivity index (χ1) is 11.1. The van der Waals surface area contributed by atoms with Gasteiger partial charge in [0.25, 0.3) is 0 Å². The molecule has 1 aliphatic carbocycles. The second-order valence-corrected chi connectivity index (χ2v) is 7.37. The van der Waals surface area contributed by atoms with Crippen LogP contribution in [0.25, 0.3) is 0 Å². The quantitative estimate of drug-likeness (QED) is 0.813. The van der Waals surface area contributed by atoms with Crippen molar-refractivity contribution >= 4 is 22.9 Å². The Kier molecular flexibility index (Phi) is 5.13. The normalized spacial score (nSPS) is 14.4. The Morgan fingerprint density at radius 3 is 2.57 bits per heavy atom. The Labute approximate surface area is 142 Å². The second kappa shape index (κ2) is 7.28. The maximum Gasteiger partial charge on any atom is 0.238 e. The van der Waals surface area contributed by atoms with Crippen LogP contribution in [0.3, 0.4) is 0 Å². The minimum atomic E-state index is 0.0735. The van der Waals surface area contributed by atoms with E-state index in [1.807, 2.05) is 12.1 Å². The first kappa shape index (κ1) is 16.2. The summed E-state index contributed by atoms with van der Waals surface area (Å²) in [6.45, 7) is 5.68. The summed E-state index contributed by atoms with van der Waals surface area (Å²) in [6.07, 6.45) is 2.42. The van der Waals surface area contributed by atoms with Gasteiger partial charge in [0, 0.05) is 18.3 Å². The van der Waals surface area contributed by atoms with Crippen LogP contribution in [0.1, 0.15) is 43.7 Å². The summed E-state index contributed by atoms with van der Waals surface area (Å²) in [5.41, 5.74) is 3.47. The Hall–Kier alpha value is -1.65. The lowest BCUT2D eigenvalue weighted by atomic mass is 10.0. The van der Waals surface area contributed by atoms with Crippen LogP contribution < -0.4 is 5.32 Å². The number of nitrogens with zero attached hydrogens (tertiary/aromatic N) is 1. The van der Waals surface area contributed by atoms with Crippen LogP contribution in [-0.2, 0) is 11.3 Å². The van der Waals surface area contributed by atoms with Crippen molar-refractivity contribution < 1.29 is 4.79 Å². The minimum Gasteiger partial charge on any atom is -0.325 e. The number of carbonyl (C=O) groups is 1. The van der Waals surface area contributed by atoms with E-state index in [1.165, 1.54) is 24.0 Å². The fourth-order valence-corrected chi connectivity index (χ4v) is 3.37. The van der Waals surface area contributed by atoms with Crippen molar-refractivity contribution in [3.05, 3.63) is 52.2 Å². The van der Waals surface area contributed by atoms with Gasteiger partial charge in [0.15, 0.2) is 0 Å². The van der Waals surface area contributed by atoms with Gasteiger partial charge >= 0.3 is 0 Å². The predicted octanol–water partition coefficient (Wildman–Crippen LogP) is 4.47. The molecule has 3 rings (SSSR count). The van der Waals surface area contributed by atoms with Crippen LogP contribution in [0.4, 0.5) is 5.69 Å². The van der Waals surface area contributed by atoms with Crippen molar-refractivity contribution in [3.8, 4) is 0 Å². The number of hydrogen-bond donors (Lipinski definition) is 1. The van der Waals surface area contributed by atoms with Crippen molar-refractivity contribution in [1.82, 2.24) is 4.90 Å². The molecule has 1 fully saturated rings. The number of hydrogen-bond acceptors (Lipinski definition) is 3. The van der Waals surface area contributed by atoms with Gasteiger partial charge in [-0.1, -0.05) is 26.0 Å². The highest BCUT2D eigenvalue weighted by atomic mass is 32.1. The maximum atomic E-state index is 12.4. The third-order valence-corrected chi connectivity index (χ3v) is 4.97. The van der Waals surface area contributed by atoms with Gasteiger partial charge in [-0.15, -0.1) is 0 Å². The fourth-order valence-electron chi connectivity index (χ4n) is 2.71. The molecule has 2 aromatic rings. The summed E-state index contributed by atoms with van der Waals surface area (Å²) in [5.74, 6) is 0.583. The number of anilines is 1. The van der Waals surface area contributed by atoms with E-state index in [4.69, 9.17) is 0 Å². The van der Waals surface area contributed by atoms with E-state index in [2.05, 4.69) is 53.0 Å². The Morgan fingerprint density at radius 1 is 1.26 bits per heavy atom. The molecule has 1 amide bonds. The number of rotatable bonds is 7. The summed E-state index contributed by atoms with van der Waals surface area (Å²) < 4.78 is 0. The molecule has 0 spiro atoms. The van der Waals surface area contributed by atoms with Crippen LogP contribution in [0.5, 0.6) is 0 Å². The average Bonchev–Trinajstić information content (AvgIpc) is 3.25. The lowest BCUT2D eigenvalue weighted by Gasteiger charge is -2.21. The van der Waals surface area contributed by atoms with Crippen LogP contribution in [0.15, 0.2) is 41.1 Å². The number of thiophene rings is 1. The third kappa shape index (κ3) is 4.66. The number of amides is 1. The molecule has 3 nitrogen and oxygen atoms in total. The molecule has 0 atom stereocenters. The Bertz CT molecular complexity index is 630. The van der Waals surface area contributed by atoms with E-state index in [0.29, 0.717) is 18.5 Å². The van der Waals surface area contributed by atoms with Gasteiger partial charge in [0.2, 0.25) is 5.91 Å². The molecule has 0 saturated heterocycles. The molecule has 0 radical (unpaired) electrons. The lowest BCUT2D eigenvalue weighted by molar-refractivity contribution is -0.117. The zero-order valence-electron chi connectivity index (χ0n) is 13.8. The molecular formula is C19H24N2OS. The number of benzene rings is 1.